The zero-order chi connectivity index (χ0) is 7.94. The number of ether oxygens (including phenoxy) is 1. The van der Waals surface area contributed by atoms with Gasteiger partial charge in [0.25, 0.3) is 0 Å². The minimum absolute atomic E-state index is 0.689. The first-order chi connectivity index (χ1) is 5.43. The first kappa shape index (κ1) is 8.28. The third-order valence-corrected chi connectivity index (χ3v) is 1.38. The summed E-state index contributed by atoms with van der Waals surface area (Å²) in [6.07, 6.45) is 0.965. The van der Waals surface area contributed by atoms with E-state index in [0.29, 0.717) is 6.61 Å². The van der Waals surface area contributed by atoms with Gasteiger partial charge in [-0.25, -0.2) is 0 Å². The van der Waals surface area contributed by atoms with Crippen LogP contribution in [0.15, 0.2) is 30.3 Å². The van der Waals surface area contributed by atoms with Crippen LogP contribution in [0.1, 0.15) is 18.9 Å². The first-order valence-corrected chi connectivity index (χ1v) is 3.90. The van der Waals surface area contributed by atoms with Crippen molar-refractivity contribution in [1.82, 2.24) is 0 Å². The minimum Gasteiger partial charge on any atom is -0.371 e. The van der Waals surface area contributed by atoms with Gasteiger partial charge in [-0.2, -0.15) is 0 Å². The highest BCUT2D eigenvalue weighted by Gasteiger charge is 1.89. The molecule has 0 heterocycles. The Morgan fingerprint density at radius 3 is 2.64 bits per heavy atom. The molecule has 0 aromatic heterocycles. The van der Waals surface area contributed by atoms with Crippen LogP contribution in [-0.2, 0) is 11.3 Å². The smallest absolute Gasteiger partial charge is 0.0838 e. The van der Waals surface area contributed by atoms with Crippen LogP contribution in [0.25, 0.3) is 0 Å². The summed E-state index contributed by atoms with van der Waals surface area (Å²) in [6, 6.07) is 10.2. The molecule has 0 saturated heterocycles. The third kappa shape index (κ3) is 3.19. The van der Waals surface area contributed by atoms with E-state index in [9.17, 15) is 0 Å². The fourth-order valence-corrected chi connectivity index (χ4v) is 0.847. The summed E-state index contributed by atoms with van der Waals surface area (Å²) in [5.74, 6) is 0. The first-order valence-electron chi connectivity index (χ1n) is 3.90. The van der Waals surface area contributed by atoms with Crippen molar-refractivity contribution in [3.05, 3.63) is 42.5 Å². The van der Waals surface area contributed by atoms with Crippen LogP contribution in [0.2, 0.25) is 0 Å². The summed E-state index contributed by atoms with van der Waals surface area (Å²) < 4.78 is 5.24. The molecule has 0 atom stereocenters. The van der Waals surface area contributed by atoms with Crippen LogP contribution in [0.4, 0.5) is 0 Å². The highest BCUT2D eigenvalue weighted by molar-refractivity contribution is 5.13. The molecule has 0 spiro atoms. The second kappa shape index (κ2) is 4.91. The summed E-state index contributed by atoms with van der Waals surface area (Å²) in [6.45, 7) is 4.58. The van der Waals surface area contributed by atoms with E-state index in [1.54, 1.807) is 0 Å². The van der Waals surface area contributed by atoms with E-state index in [4.69, 9.17) is 4.74 Å². The molecule has 0 amide bonds. The van der Waals surface area contributed by atoms with Gasteiger partial charge in [0.15, 0.2) is 0 Å². The lowest BCUT2D eigenvalue weighted by Gasteiger charge is -2.00. The normalized spacial score (nSPS) is 9.91. The molecule has 1 aromatic rings. The molecule has 0 aliphatic carbocycles. The molecule has 1 heteroatoms. The van der Waals surface area contributed by atoms with Crippen molar-refractivity contribution in [3.63, 3.8) is 0 Å². The molecular formula is C10H13O. The van der Waals surface area contributed by atoms with Crippen molar-refractivity contribution in [3.8, 4) is 0 Å². The summed E-state index contributed by atoms with van der Waals surface area (Å²) in [5.41, 5.74) is 1.22. The van der Waals surface area contributed by atoms with Crippen LogP contribution >= 0.6 is 0 Å². The molecule has 59 valence electrons. The van der Waals surface area contributed by atoms with E-state index in [2.05, 4.69) is 19.1 Å². The summed E-state index contributed by atoms with van der Waals surface area (Å²) in [4.78, 5) is 0. The van der Waals surface area contributed by atoms with E-state index in [1.807, 2.05) is 24.8 Å². The highest BCUT2D eigenvalue weighted by atomic mass is 16.5. The Bertz CT molecular complexity index is 181. The van der Waals surface area contributed by atoms with Crippen LogP contribution in [0, 0.1) is 6.61 Å². The summed E-state index contributed by atoms with van der Waals surface area (Å²) >= 11 is 0. The van der Waals surface area contributed by atoms with Gasteiger partial charge in [0.05, 0.1) is 13.2 Å². The van der Waals surface area contributed by atoms with Crippen molar-refractivity contribution in [2.45, 2.75) is 20.0 Å². The zero-order valence-electron chi connectivity index (χ0n) is 6.79. The SMILES string of the molecule is CC[CH]OCc1ccccc1. The molecule has 1 nitrogen and oxygen atoms in total. The molecule has 0 N–H and O–H groups in total. The highest BCUT2D eigenvalue weighted by Crippen LogP contribution is 2.01. The lowest BCUT2D eigenvalue weighted by Crippen LogP contribution is -1.88. The molecule has 1 aromatic carbocycles. The summed E-state index contributed by atoms with van der Waals surface area (Å²) in [7, 11) is 0. The van der Waals surface area contributed by atoms with Gasteiger partial charge in [0, 0.05) is 0 Å². The van der Waals surface area contributed by atoms with E-state index < -0.39 is 0 Å². The average Bonchev–Trinajstić information content (AvgIpc) is 2.07. The van der Waals surface area contributed by atoms with E-state index in [-0.39, 0.29) is 0 Å². The topological polar surface area (TPSA) is 9.23 Å². The van der Waals surface area contributed by atoms with Gasteiger partial charge in [-0.3, -0.25) is 0 Å². The largest absolute Gasteiger partial charge is 0.371 e. The predicted octanol–water partition coefficient (Wildman–Crippen LogP) is 2.77. The van der Waals surface area contributed by atoms with Crippen molar-refractivity contribution in [2.75, 3.05) is 0 Å². The molecule has 0 fully saturated rings. The Balaban J connectivity index is 2.28. The molecule has 0 saturated carbocycles. The number of hydrogen-bond donors (Lipinski definition) is 0. The Morgan fingerprint density at radius 2 is 2.00 bits per heavy atom. The van der Waals surface area contributed by atoms with Gasteiger partial charge in [-0.05, 0) is 12.0 Å². The zero-order valence-corrected chi connectivity index (χ0v) is 6.79. The standard InChI is InChI=1S/C10H13O/c1-2-8-11-9-10-6-4-3-5-7-10/h3-8H,2,9H2,1H3. The van der Waals surface area contributed by atoms with E-state index in [0.717, 1.165) is 6.42 Å². The molecule has 0 bridgehead atoms. The van der Waals surface area contributed by atoms with E-state index in [1.165, 1.54) is 5.56 Å². The lowest BCUT2D eigenvalue weighted by atomic mass is 10.2. The van der Waals surface area contributed by atoms with Crippen molar-refractivity contribution >= 4 is 0 Å². The lowest BCUT2D eigenvalue weighted by molar-refractivity contribution is 0.181. The van der Waals surface area contributed by atoms with Gasteiger partial charge in [0.2, 0.25) is 0 Å². The fourth-order valence-electron chi connectivity index (χ4n) is 0.847. The quantitative estimate of drug-likeness (QED) is 0.598. The molecule has 11 heavy (non-hydrogen) atoms. The van der Waals surface area contributed by atoms with Crippen LogP contribution in [0.5, 0.6) is 0 Å². The Kier molecular flexibility index (Phi) is 3.70. The van der Waals surface area contributed by atoms with Crippen LogP contribution in [-0.4, -0.2) is 0 Å². The Morgan fingerprint density at radius 1 is 1.27 bits per heavy atom. The van der Waals surface area contributed by atoms with Crippen molar-refractivity contribution in [2.24, 2.45) is 0 Å². The van der Waals surface area contributed by atoms with Gasteiger partial charge in [-0.1, -0.05) is 37.3 Å². The molecule has 0 unspecified atom stereocenters. The van der Waals surface area contributed by atoms with Crippen molar-refractivity contribution < 1.29 is 4.74 Å². The van der Waals surface area contributed by atoms with Gasteiger partial charge < -0.3 is 4.74 Å². The van der Waals surface area contributed by atoms with E-state index >= 15 is 0 Å². The second-order valence-corrected chi connectivity index (χ2v) is 2.37. The maximum Gasteiger partial charge on any atom is 0.0838 e. The predicted molar refractivity (Wildman–Crippen MR) is 45.8 cm³/mol. The molecule has 0 aliphatic rings. The monoisotopic (exact) mass is 149 g/mol. The van der Waals surface area contributed by atoms with Gasteiger partial charge in [-0.15, -0.1) is 0 Å². The fraction of sp³-hybridized carbons (Fsp3) is 0.300. The van der Waals surface area contributed by atoms with Crippen LogP contribution < -0.4 is 0 Å². The van der Waals surface area contributed by atoms with Gasteiger partial charge >= 0.3 is 0 Å². The van der Waals surface area contributed by atoms with Gasteiger partial charge in [0.1, 0.15) is 0 Å². The maximum absolute atomic E-state index is 5.24. The number of rotatable bonds is 4. The Labute approximate surface area is 68.0 Å². The summed E-state index contributed by atoms with van der Waals surface area (Å²) in [5, 5.41) is 0. The molecular weight excluding hydrogens is 136 g/mol. The third-order valence-electron chi connectivity index (χ3n) is 1.38. The average molecular weight is 149 g/mol. The molecule has 1 rings (SSSR count). The second-order valence-electron chi connectivity index (χ2n) is 2.37. The minimum atomic E-state index is 0.689. The van der Waals surface area contributed by atoms with Crippen LogP contribution in [0.3, 0.4) is 0 Å². The van der Waals surface area contributed by atoms with Crippen molar-refractivity contribution in [1.29, 1.82) is 0 Å². The number of benzene rings is 1. The molecule has 0 aliphatic heterocycles. The maximum atomic E-state index is 5.24. The number of hydrogen-bond acceptors (Lipinski definition) is 1. The Hall–Kier alpha value is -0.820. The molecule has 1 radical (unpaired) electrons.